The molecule has 0 aliphatic carbocycles. The van der Waals surface area contributed by atoms with Crippen molar-refractivity contribution in [1.82, 2.24) is 4.31 Å². The van der Waals surface area contributed by atoms with Gasteiger partial charge in [0.15, 0.2) is 0 Å². The van der Waals surface area contributed by atoms with Crippen LogP contribution in [0.25, 0.3) is 11.0 Å². The molecule has 3 aromatic rings. The van der Waals surface area contributed by atoms with Crippen LogP contribution in [0.1, 0.15) is 65.9 Å². The van der Waals surface area contributed by atoms with Crippen LogP contribution >= 0.6 is 0 Å². The van der Waals surface area contributed by atoms with Crippen molar-refractivity contribution in [1.29, 1.82) is 0 Å². The van der Waals surface area contributed by atoms with Crippen LogP contribution in [0, 0.1) is 11.8 Å². The minimum atomic E-state index is -3.67. The molecule has 3 rings (SSSR count). The maximum Gasteiger partial charge on any atom is 0.306 e. The lowest BCUT2D eigenvalue weighted by Gasteiger charge is -2.27. The number of esters is 1. The lowest BCUT2D eigenvalue weighted by atomic mass is 9.91. The SMILES string of the molecule is CC(C)CN(CC[C@H](CCCC(=O)OC(C)(C)C)Cc1ccccc1)S(=O)(=O)c1ccc2occc2c1. The van der Waals surface area contributed by atoms with Gasteiger partial charge in [0, 0.05) is 24.9 Å². The fourth-order valence-corrected chi connectivity index (χ4v) is 6.18. The molecule has 0 amide bonds. The Morgan fingerprint density at radius 3 is 2.43 bits per heavy atom. The molecule has 0 unspecified atom stereocenters. The van der Waals surface area contributed by atoms with Crippen LogP contribution in [0.3, 0.4) is 0 Å². The minimum Gasteiger partial charge on any atom is -0.464 e. The molecule has 0 saturated heterocycles. The van der Waals surface area contributed by atoms with Crippen molar-refractivity contribution in [3.8, 4) is 0 Å². The highest BCUT2D eigenvalue weighted by Crippen LogP contribution is 2.26. The Bertz CT molecular complexity index is 1240. The fraction of sp³-hybridized carbons (Fsp3) is 0.500. The van der Waals surface area contributed by atoms with E-state index in [2.05, 4.69) is 12.1 Å². The lowest BCUT2D eigenvalue weighted by molar-refractivity contribution is -0.154. The summed E-state index contributed by atoms with van der Waals surface area (Å²) < 4.78 is 39.8. The molecule has 7 heteroatoms. The lowest BCUT2D eigenvalue weighted by Crippen LogP contribution is -2.36. The summed E-state index contributed by atoms with van der Waals surface area (Å²) in [6.45, 7) is 10.6. The molecule has 0 N–H and O–H groups in total. The van der Waals surface area contributed by atoms with Crippen LogP contribution in [0.15, 0.2) is 70.2 Å². The third-order valence-corrected chi connectivity index (χ3v) is 8.06. The molecule has 0 radical (unpaired) electrons. The van der Waals surface area contributed by atoms with E-state index in [-0.39, 0.29) is 22.7 Å². The van der Waals surface area contributed by atoms with E-state index in [1.165, 1.54) is 5.56 Å². The van der Waals surface area contributed by atoms with Crippen molar-refractivity contribution in [2.45, 2.75) is 77.2 Å². The normalized spacial score (nSPS) is 13.4. The van der Waals surface area contributed by atoms with Crippen molar-refractivity contribution < 1.29 is 22.4 Å². The van der Waals surface area contributed by atoms with E-state index in [0.717, 1.165) is 18.2 Å². The standard InChI is InChI=1S/C30H41NO5S/c1-23(2)22-31(37(33,34)27-14-15-28-26(21-27)17-19-35-28)18-16-25(20-24-10-7-6-8-11-24)12-9-13-29(32)36-30(3,4)5/h6-8,10-11,14-15,17,19,21,23,25H,9,12-13,16,18,20,22H2,1-5H3/t25-/m0/s1. The Morgan fingerprint density at radius 1 is 1.03 bits per heavy atom. The smallest absolute Gasteiger partial charge is 0.306 e. The van der Waals surface area contributed by atoms with Gasteiger partial charge < -0.3 is 9.15 Å². The molecule has 0 aliphatic rings. The number of benzene rings is 2. The maximum absolute atomic E-state index is 13.7. The van der Waals surface area contributed by atoms with Crippen molar-refractivity contribution in [2.24, 2.45) is 11.8 Å². The van der Waals surface area contributed by atoms with Gasteiger partial charge >= 0.3 is 5.97 Å². The molecule has 0 spiro atoms. The number of nitrogens with zero attached hydrogens (tertiary/aromatic N) is 1. The van der Waals surface area contributed by atoms with Crippen LogP contribution in [0.4, 0.5) is 0 Å². The Hall–Kier alpha value is -2.64. The van der Waals surface area contributed by atoms with Crippen molar-refractivity contribution >= 4 is 27.0 Å². The summed E-state index contributed by atoms with van der Waals surface area (Å²) >= 11 is 0. The summed E-state index contributed by atoms with van der Waals surface area (Å²) in [5.41, 5.74) is 1.39. The number of ether oxygens (including phenoxy) is 1. The van der Waals surface area contributed by atoms with Crippen molar-refractivity contribution in [2.75, 3.05) is 13.1 Å². The topological polar surface area (TPSA) is 76.8 Å². The van der Waals surface area contributed by atoms with E-state index in [9.17, 15) is 13.2 Å². The van der Waals surface area contributed by atoms with E-state index in [0.29, 0.717) is 37.9 Å². The average Bonchev–Trinajstić information content (AvgIpc) is 3.28. The second-order valence-electron chi connectivity index (χ2n) is 11.2. The van der Waals surface area contributed by atoms with Crippen LogP contribution in [-0.2, 0) is 26.0 Å². The molecule has 1 atom stereocenters. The molecule has 1 aromatic heterocycles. The number of carbonyl (C=O) groups excluding carboxylic acids is 1. The second kappa shape index (κ2) is 12.7. The van der Waals surface area contributed by atoms with E-state index in [4.69, 9.17) is 9.15 Å². The van der Waals surface area contributed by atoms with E-state index >= 15 is 0 Å². The van der Waals surface area contributed by atoms with Gasteiger partial charge in [-0.15, -0.1) is 0 Å². The molecule has 0 fully saturated rings. The molecule has 0 bridgehead atoms. The Kier molecular flexibility index (Phi) is 9.96. The first-order valence-electron chi connectivity index (χ1n) is 13.2. The second-order valence-corrected chi connectivity index (χ2v) is 13.1. The van der Waals surface area contributed by atoms with Crippen molar-refractivity contribution in [3.63, 3.8) is 0 Å². The van der Waals surface area contributed by atoms with Crippen LogP contribution in [0.2, 0.25) is 0 Å². The predicted octanol–water partition coefficient (Wildman–Crippen LogP) is 6.84. The van der Waals surface area contributed by atoms with Gasteiger partial charge in [-0.2, -0.15) is 4.31 Å². The zero-order chi connectivity index (χ0) is 27.1. The molecular weight excluding hydrogens is 486 g/mol. The largest absolute Gasteiger partial charge is 0.464 e. The predicted molar refractivity (Wildman–Crippen MR) is 148 cm³/mol. The van der Waals surface area contributed by atoms with Gasteiger partial charge in [-0.25, -0.2) is 8.42 Å². The highest BCUT2D eigenvalue weighted by atomic mass is 32.2. The van der Waals surface area contributed by atoms with Gasteiger partial charge in [0.05, 0.1) is 11.2 Å². The average molecular weight is 528 g/mol. The first-order valence-corrected chi connectivity index (χ1v) is 14.6. The minimum absolute atomic E-state index is 0.187. The number of hydrogen-bond donors (Lipinski definition) is 0. The Labute approximate surface area is 222 Å². The Balaban J connectivity index is 1.73. The van der Waals surface area contributed by atoms with Gasteiger partial charge in [-0.1, -0.05) is 44.2 Å². The van der Waals surface area contributed by atoms with Gasteiger partial charge in [0.25, 0.3) is 0 Å². The summed E-state index contributed by atoms with van der Waals surface area (Å²) in [6, 6.07) is 17.0. The number of rotatable bonds is 13. The summed E-state index contributed by atoms with van der Waals surface area (Å²) in [7, 11) is -3.67. The summed E-state index contributed by atoms with van der Waals surface area (Å²) in [6.07, 6.45) is 5.01. The first kappa shape index (κ1) is 28.9. The number of furan rings is 1. The Morgan fingerprint density at radius 2 is 1.76 bits per heavy atom. The fourth-order valence-electron chi connectivity index (χ4n) is 4.52. The van der Waals surface area contributed by atoms with E-state index in [1.807, 2.05) is 52.8 Å². The summed E-state index contributed by atoms with van der Waals surface area (Å²) in [5.74, 6) is 0.239. The van der Waals surface area contributed by atoms with Gasteiger partial charge in [0.2, 0.25) is 10.0 Å². The van der Waals surface area contributed by atoms with Gasteiger partial charge in [-0.3, -0.25) is 4.79 Å². The summed E-state index contributed by atoms with van der Waals surface area (Å²) in [4.78, 5) is 12.5. The highest BCUT2D eigenvalue weighted by Gasteiger charge is 2.27. The van der Waals surface area contributed by atoms with Crippen molar-refractivity contribution in [3.05, 3.63) is 66.4 Å². The molecular formula is C30H41NO5S. The van der Waals surface area contributed by atoms with Crippen LogP contribution < -0.4 is 0 Å². The molecule has 6 nitrogen and oxygen atoms in total. The van der Waals surface area contributed by atoms with Crippen LogP contribution in [0.5, 0.6) is 0 Å². The van der Waals surface area contributed by atoms with E-state index < -0.39 is 15.6 Å². The third-order valence-electron chi connectivity index (χ3n) is 6.20. The number of fused-ring (bicyclic) bond motifs is 1. The number of sulfonamides is 1. The molecule has 202 valence electrons. The van der Waals surface area contributed by atoms with Gasteiger partial charge in [0.1, 0.15) is 11.2 Å². The number of hydrogen-bond acceptors (Lipinski definition) is 5. The molecule has 2 aromatic carbocycles. The molecule has 0 aliphatic heterocycles. The molecule has 1 heterocycles. The summed E-state index contributed by atoms with van der Waals surface area (Å²) in [5, 5.41) is 0.773. The monoisotopic (exact) mass is 527 g/mol. The molecule has 37 heavy (non-hydrogen) atoms. The van der Waals surface area contributed by atoms with Crippen LogP contribution in [-0.4, -0.2) is 37.4 Å². The zero-order valence-corrected chi connectivity index (χ0v) is 23.6. The van der Waals surface area contributed by atoms with Gasteiger partial charge in [-0.05, 0) is 88.1 Å². The van der Waals surface area contributed by atoms with E-state index in [1.54, 1.807) is 34.8 Å². The maximum atomic E-state index is 13.7. The number of carbonyl (C=O) groups is 1. The first-order chi connectivity index (χ1) is 17.4. The zero-order valence-electron chi connectivity index (χ0n) is 22.8. The quantitative estimate of drug-likeness (QED) is 0.227. The third kappa shape index (κ3) is 9.00. The highest BCUT2D eigenvalue weighted by molar-refractivity contribution is 7.89. The molecule has 0 saturated carbocycles.